The Bertz CT molecular complexity index is 1220. The van der Waals surface area contributed by atoms with Gasteiger partial charge >= 0.3 is 0 Å². The van der Waals surface area contributed by atoms with Crippen LogP contribution in [0.15, 0.2) is 48.8 Å². The van der Waals surface area contributed by atoms with Crippen LogP contribution in [0.4, 0.5) is 0 Å². The molecule has 0 atom stereocenters. The second-order valence-corrected chi connectivity index (χ2v) is 10.4. The lowest BCUT2D eigenvalue weighted by Crippen LogP contribution is -2.58. The van der Waals surface area contributed by atoms with Crippen molar-refractivity contribution in [2.45, 2.75) is 57.3 Å². The van der Waals surface area contributed by atoms with Crippen LogP contribution in [0.25, 0.3) is 5.52 Å². The molecule has 5 rings (SSSR count). The quantitative estimate of drug-likeness (QED) is 0.396. The van der Waals surface area contributed by atoms with Gasteiger partial charge in [0, 0.05) is 6.04 Å². The van der Waals surface area contributed by atoms with Crippen LogP contribution in [-0.2, 0) is 4.79 Å². The summed E-state index contributed by atoms with van der Waals surface area (Å²) in [6.07, 6.45) is 7.79. The molecule has 0 radical (unpaired) electrons. The number of rotatable bonds is 8. The number of hydrogen-bond acceptors (Lipinski definition) is 7. The van der Waals surface area contributed by atoms with Crippen molar-refractivity contribution in [2.75, 3.05) is 13.7 Å². The Balaban J connectivity index is 0.00000102. The molecule has 10 heteroatoms. The number of ether oxygens (including phenoxy) is 3. The van der Waals surface area contributed by atoms with Gasteiger partial charge in [-0.25, -0.2) is 4.52 Å². The molecule has 2 aliphatic carbocycles. The fourth-order valence-corrected chi connectivity index (χ4v) is 5.01. The lowest BCUT2D eigenvalue weighted by Gasteiger charge is -2.57. The normalized spacial score (nSPS) is 22.2. The van der Waals surface area contributed by atoms with Gasteiger partial charge in [0.05, 0.1) is 42.3 Å². The molecule has 0 aliphatic heterocycles. The number of aromatic nitrogens is 2. The number of aliphatic hydroxyl groups is 1. The summed E-state index contributed by atoms with van der Waals surface area (Å²) in [5, 5.41) is 17.3. The van der Waals surface area contributed by atoms with Crippen molar-refractivity contribution in [1.29, 1.82) is 0 Å². The average Bonchev–Trinajstić information content (AvgIpc) is 3.24. The fourth-order valence-electron chi connectivity index (χ4n) is 5.01. The van der Waals surface area contributed by atoms with E-state index in [-0.39, 0.29) is 31.1 Å². The van der Waals surface area contributed by atoms with E-state index in [1.807, 2.05) is 30.3 Å². The first-order valence-corrected chi connectivity index (χ1v) is 12.2. The number of nitrogens with zero attached hydrogens (tertiary/aromatic N) is 2. The first kappa shape index (κ1) is 26.3. The summed E-state index contributed by atoms with van der Waals surface area (Å²) in [5.41, 5.74) is 4.80. The molecule has 37 heavy (non-hydrogen) atoms. The Morgan fingerprint density at radius 3 is 2.41 bits per heavy atom. The molecule has 2 aliphatic rings. The minimum atomic E-state index is -0.924. The number of nitrogens with one attached hydrogen (secondary N) is 1. The molecule has 2 fully saturated rings. The molecule has 1 spiro atoms. The van der Waals surface area contributed by atoms with E-state index in [1.165, 1.54) is 0 Å². The summed E-state index contributed by atoms with van der Waals surface area (Å²) in [6.45, 7) is 3.54. The maximum atomic E-state index is 12.9. The molecule has 2 aromatic heterocycles. The van der Waals surface area contributed by atoms with Gasteiger partial charge in [0.25, 0.3) is 5.91 Å². The Morgan fingerprint density at radius 1 is 1.16 bits per heavy atom. The predicted octanol–water partition coefficient (Wildman–Crippen LogP) is 2.71. The Labute approximate surface area is 215 Å². The molecule has 10 nitrogen and oxygen atoms in total. The largest absolute Gasteiger partial charge is 0.497 e. The number of nitrogens with two attached hydrogens (primary N) is 1. The summed E-state index contributed by atoms with van der Waals surface area (Å²) >= 11 is 0. The highest BCUT2D eigenvalue weighted by molar-refractivity contribution is 6.00. The third-order valence-electron chi connectivity index (χ3n) is 6.70. The fraction of sp³-hybridized carbons (Fsp3) is 0.444. The van der Waals surface area contributed by atoms with Gasteiger partial charge in [-0.3, -0.25) is 9.59 Å². The molecule has 1 aromatic carbocycles. The zero-order valence-electron chi connectivity index (χ0n) is 21.3. The molecule has 0 bridgehead atoms. The highest BCUT2D eigenvalue weighted by Crippen LogP contribution is 2.56. The van der Waals surface area contributed by atoms with Crippen LogP contribution < -0.4 is 25.3 Å². The van der Waals surface area contributed by atoms with Crippen molar-refractivity contribution in [3.8, 4) is 17.2 Å². The topological polar surface area (TPSA) is 137 Å². The third-order valence-corrected chi connectivity index (χ3v) is 6.70. The van der Waals surface area contributed by atoms with Crippen LogP contribution in [0.5, 0.6) is 17.2 Å². The van der Waals surface area contributed by atoms with Gasteiger partial charge < -0.3 is 30.4 Å². The van der Waals surface area contributed by atoms with Crippen molar-refractivity contribution >= 4 is 17.8 Å². The number of carbonyl (C=O) groups is 2. The minimum absolute atomic E-state index is 0.106. The first-order chi connectivity index (χ1) is 17.6. The second-order valence-electron chi connectivity index (χ2n) is 10.4. The molecule has 198 valence electrons. The number of carbonyl (C=O) groups excluding carboxylic acids is 2. The van der Waals surface area contributed by atoms with Gasteiger partial charge in [-0.1, -0.05) is 0 Å². The Kier molecular flexibility index (Phi) is 7.58. The number of primary amides is 1. The van der Waals surface area contributed by atoms with Crippen LogP contribution in [0.2, 0.25) is 0 Å². The molecular formula is C27H34N4O6. The van der Waals surface area contributed by atoms with E-state index in [9.17, 15) is 9.90 Å². The summed E-state index contributed by atoms with van der Waals surface area (Å²) in [4.78, 5) is 21.5. The van der Waals surface area contributed by atoms with E-state index in [0.717, 1.165) is 42.7 Å². The van der Waals surface area contributed by atoms with E-state index in [2.05, 4.69) is 16.1 Å². The minimum Gasteiger partial charge on any atom is -0.497 e. The Hall–Kier alpha value is -3.79. The second kappa shape index (κ2) is 10.7. The van der Waals surface area contributed by atoms with Gasteiger partial charge in [-0.15, -0.1) is 0 Å². The molecule has 2 saturated carbocycles. The van der Waals surface area contributed by atoms with E-state index in [1.54, 1.807) is 43.9 Å². The number of fused-ring (bicyclic) bond motifs is 1. The van der Waals surface area contributed by atoms with Crippen LogP contribution in [-0.4, -0.2) is 58.5 Å². The van der Waals surface area contributed by atoms with Crippen LogP contribution >= 0.6 is 0 Å². The van der Waals surface area contributed by atoms with Crippen molar-refractivity contribution in [2.24, 2.45) is 11.1 Å². The number of pyridine rings is 1. The van der Waals surface area contributed by atoms with Gasteiger partial charge in [0.1, 0.15) is 23.9 Å². The van der Waals surface area contributed by atoms with Gasteiger partial charge in [0.2, 0.25) is 6.41 Å². The van der Waals surface area contributed by atoms with Gasteiger partial charge in [-0.2, -0.15) is 5.10 Å². The highest BCUT2D eigenvalue weighted by atomic mass is 16.5. The zero-order chi connectivity index (χ0) is 26.6. The van der Waals surface area contributed by atoms with Crippen molar-refractivity contribution in [3.63, 3.8) is 0 Å². The summed E-state index contributed by atoms with van der Waals surface area (Å²) in [6, 6.07) is 11.5. The molecule has 4 N–H and O–H groups in total. The molecule has 0 unspecified atom stereocenters. The highest BCUT2D eigenvalue weighted by Gasteiger charge is 2.54. The average molecular weight is 511 g/mol. The van der Waals surface area contributed by atoms with Crippen LogP contribution in [0.3, 0.4) is 0 Å². The lowest BCUT2D eigenvalue weighted by atomic mass is 9.53. The number of methoxy groups -OCH3 is 1. The van der Waals surface area contributed by atoms with Crippen molar-refractivity contribution < 1.29 is 28.9 Å². The molecule has 0 saturated heterocycles. The van der Waals surface area contributed by atoms with E-state index >= 15 is 0 Å². The summed E-state index contributed by atoms with van der Waals surface area (Å²) in [5.74, 6) is 2.17. The zero-order valence-corrected chi connectivity index (χ0v) is 21.3. The van der Waals surface area contributed by atoms with Crippen LogP contribution in [0, 0.1) is 5.41 Å². The lowest BCUT2D eigenvalue weighted by molar-refractivity contribution is -0.106. The maximum absolute atomic E-state index is 12.9. The molecule has 3 aromatic rings. The summed E-state index contributed by atoms with van der Waals surface area (Å²) < 4.78 is 18.5. The number of benzene rings is 1. The van der Waals surface area contributed by atoms with E-state index in [4.69, 9.17) is 19.0 Å². The summed E-state index contributed by atoms with van der Waals surface area (Å²) in [7, 11) is 1.65. The number of amides is 2. The SMILES string of the molecule is COc1ccc(OC2CC3(CC(NC(=O)c4cnn5cc(OCC(C)(C)O)ccc45)C3)C2)cc1.NC=O. The maximum Gasteiger partial charge on any atom is 0.255 e. The first-order valence-electron chi connectivity index (χ1n) is 12.2. The standard InChI is InChI=1S/C26H31N3O5.CH3NO/c1-25(2,31)16-33-20-8-9-23-22(14-27-29(23)15-20)24(30)28-17-10-26(11-17)12-21(13-26)34-19-6-4-18(32-3)5-7-19;2-1-3/h4-9,14-15,17,21,31H,10-13,16H2,1-3H3,(H,28,30);1H,(H2,2,3). The molecular weight excluding hydrogens is 476 g/mol. The number of hydrogen-bond donors (Lipinski definition) is 3. The molecule has 2 heterocycles. The van der Waals surface area contributed by atoms with Gasteiger partial charge in [0.15, 0.2) is 0 Å². The third kappa shape index (κ3) is 6.32. The molecule has 2 amide bonds. The smallest absolute Gasteiger partial charge is 0.255 e. The van der Waals surface area contributed by atoms with Crippen molar-refractivity contribution in [1.82, 2.24) is 14.9 Å². The van der Waals surface area contributed by atoms with Crippen molar-refractivity contribution in [3.05, 3.63) is 54.4 Å². The van der Waals surface area contributed by atoms with Gasteiger partial charge in [-0.05, 0) is 81.3 Å². The van der Waals surface area contributed by atoms with E-state index in [0.29, 0.717) is 16.7 Å². The van der Waals surface area contributed by atoms with E-state index < -0.39 is 5.60 Å². The van der Waals surface area contributed by atoms with Crippen LogP contribution in [0.1, 0.15) is 49.9 Å². The monoisotopic (exact) mass is 510 g/mol. The predicted molar refractivity (Wildman–Crippen MR) is 137 cm³/mol. The Morgan fingerprint density at radius 2 is 1.78 bits per heavy atom.